The largest absolute Gasteiger partial charge is 0.352 e. The van der Waals surface area contributed by atoms with Crippen molar-refractivity contribution in [1.82, 2.24) is 15.5 Å². The van der Waals surface area contributed by atoms with E-state index in [-0.39, 0.29) is 30.3 Å². The summed E-state index contributed by atoms with van der Waals surface area (Å²) in [5, 5.41) is 6.40. The highest BCUT2D eigenvalue weighted by molar-refractivity contribution is 5.85. The first-order chi connectivity index (χ1) is 8.08. The van der Waals surface area contributed by atoms with Gasteiger partial charge < -0.3 is 15.5 Å². The zero-order valence-corrected chi connectivity index (χ0v) is 12.8. The van der Waals surface area contributed by atoms with Gasteiger partial charge in [0.05, 0.1) is 5.92 Å². The Morgan fingerprint density at radius 3 is 2.44 bits per heavy atom. The van der Waals surface area contributed by atoms with Gasteiger partial charge in [0.25, 0.3) is 0 Å². The number of amides is 1. The molecule has 1 aliphatic rings. The molecule has 0 aromatic heterocycles. The summed E-state index contributed by atoms with van der Waals surface area (Å²) in [4.78, 5) is 14.4. The van der Waals surface area contributed by atoms with E-state index < -0.39 is 0 Å². The molecule has 1 saturated heterocycles. The van der Waals surface area contributed by atoms with E-state index in [0.717, 1.165) is 32.7 Å². The predicted molar refractivity (Wildman–Crippen MR) is 78.2 cm³/mol. The number of hydrogen-bond acceptors (Lipinski definition) is 3. The lowest BCUT2D eigenvalue weighted by molar-refractivity contribution is -0.126. The number of halogens is 1. The predicted octanol–water partition coefficient (Wildman–Crippen LogP) is 1.11. The Balaban J connectivity index is 0.00000289. The smallest absolute Gasteiger partial charge is 0.224 e. The van der Waals surface area contributed by atoms with Gasteiger partial charge in [-0.2, -0.15) is 0 Å². The Kier molecular flexibility index (Phi) is 8.57. The number of nitrogens with zero attached hydrogens (tertiary/aromatic N) is 1. The van der Waals surface area contributed by atoms with Crippen LogP contribution in [0, 0.1) is 11.8 Å². The van der Waals surface area contributed by atoms with Crippen molar-refractivity contribution in [3.63, 3.8) is 0 Å². The van der Waals surface area contributed by atoms with Crippen LogP contribution in [0.25, 0.3) is 0 Å². The van der Waals surface area contributed by atoms with Crippen molar-refractivity contribution in [3.8, 4) is 0 Å². The SMILES string of the molecule is CCN(CC)CC(C)NC(=O)[C@@H]1CNC[C@H]1C.Cl. The fourth-order valence-electron chi connectivity index (χ4n) is 2.43. The van der Waals surface area contributed by atoms with Crippen molar-refractivity contribution < 1.29 is 4.79 Å². The molecular formula is C13H28ClN3O. The fourth-order valence-corrected chi connectivity index (χ4v) is 2.43. The lowest BCUT2D eigenvalue weighted by atomic mass is 9.97. The summed E-state index contributed by atoms with van der Waals surface area (Å²) in [6, 6.07) is 0.232. The highest BCUT2D eigenvalue weighted by Crippen LogP contribution is 2.15. The third-order valence-corrected chi connectivity index (χ3v) is 3.67. The third-order valence-electron chi connectivity index (χ3n) is 3.67. The molecule has 0 aromatic rings. The first kappa shape index (κ1) is 17.7. The van der Waals surface area contributed by atoms with Crippen molar-refractivity contribution in [2.24, 2.45) is 11.8 Å². The van der Waals surface area contributed by atoms with E-state index in [4.69, 9.17) is 0 Å². The van der Waals surface area contributed by atoms with Crippen LogP contribution in [0.5, 0.6) is 0 Å². The average molecular weight is 278 g/mol. The molecule has 3 atom stereocenters. The summed E-state index contributed by atoms with van der Waals surface area (Å²) in [5.41, 5.74) is 0. The van der Waals surface area contributed by atoms with Crippen molar-refractivity contribution in [2.45, 2.75) is 33.7 Å². The molecule has 0 radical (unpaired) electrons. The van der Waals surface area contributed by atoms with Crippen LogP contribution in [-0.4, -0.2) is 49.6 Å². The number of carbonyl (C=O) groups is 1. The summed E-state index contributed by atoms with van der Waals surface area (Å²) < 4.78 is 0. The molecule has 1 unspecified atom stereocenters. The number of likely N-dealkylation sites (N-methyl/N-ethyl adjacent to an activating group) is 1. The normalized spacial score (nSPS) is 24.7. The zero-order chi connectivity index (χ0) is 12.8. The first-order valence-electron chi connectivity index (χ1n) is 6.81. The highest BCUT2D eigenvalue weighted by Gasteiger charge is 2.30. The molecule has 18 heavy (non-hydrogen) atoms. The van der Waals surface area contributed by atoms with Gasteiger partial charge in [0, 0.05) is 19.1 Å². The summed E-state index contributed by atoms with van der Waals surface area (Å²) >= 11 is 0. The number of hydrogen-bond donors (Lipinski definition) is 2. The maximum Gasteiger partial charge on any atom is 0.224 e. The van der Waals surface area contributed by atoms with Crippen LogP contribution in [0.1, 0.15) is 27.7 Å². The molecule has 0 bridgehead atoms. The van der Waals surface area contributed by atoms with Gasteiger partial charge in [-0.05, 0) is 32.5 Å². The minimum atomic E-state index is 0. The van der Waals surface area contributed by atoms with Crippen molar-refractivity contribution in [3.05, 3.63) is 0 Å². The van der Waals surface area contributed by atoms with Gasteiger partial charge in [0.15, 0.2) is 0 Å². The molecule has 0 aromatic carbocycles. The van der Waals surface area contributed by atoms with Crippen molar-refractivity contribution in [2.75, 3.05) is 32.7 Å². The summed E-state index contributed by atoms with van der Waals surface area (Å²) in [5.74, 6) is 0.812. The molecular weight excluding hydrogens is 250 g/mol. The molecule has 1 rings (SSSR count). The van der Waals surface area contributed by atoms with Gasteiger partial charge in [-0.1, -0.05) is 20.8 Å². The number of nitrogens with one attached hydrogen (secondary N) is 2. The Morgan fingerprint density at radius 2 is 2.00 bits per heavy atom. The molecule has 5 heteroatoms. The molecule has 1 aliphatic heterocycles. The Labute approximate surface area is 117 Å². The first-order valence-corrected chi connectivity index (χ1v) is 6.81. The number of carbonyl (C=O) groups excluding carboxylic acids is 1. The zero-order valence-electron chi connectivity index (χ0n) is 12.0. The maximum atomic E-state index is 12.1. The average Bonchev–Trinajstić information content (AvgIpc) is 2.72. The quantitative estimate of drug-likeness (QED) is 0.765. The lowest BCUT2D eigenvalue weighted by Crippen LogP contribution is -2.45. The second-order valence-electron chi connectivity index (χ2n) is 5.14. The van der Waals surface area contributed by atoms with Gasteiger partial charge in [-0.25, -0.2) is 0 Å². The van der Waals surface area contributed by atoms with E-state index >= 15 is 0 Å². The third kappa shape index (κ3) is 5.12. The van der Waals surface area contributed by atoms with Gasteiger partial charge in [-0.3, -0.25) is 4.79 Å². The van der Waals surface area contributed by atoms with Gasteiger partial charge in [0.1, 0.15) is 0 Å². The molecule has 0 spiro atoms. The van der Waals surface area contributed by atoms with Crippen LogP contribution in [0.4, 0.5) is 0 Å². The lowest BCUT2D eigenvalue weighted by Gasteiger charge is -2.25. The molecule has 2 N–H and O–H groups in total. The summed E-state index contributed by atoms with van der Waals surface area (Å²) in [6.45, 7) is 13.3. The van der Waals surface area contributed by atoms with Gasteiger partial charge >= 0.3 is 0 Å². The van der Waals surface area contributed by atoms with Gasteiger partial charge in [0.2, 0.25) is 5.91 Å². The van der Waals surface area contributed by atoms with E-state index in [9.17, 15) is 4.79 Å². The molecule has 108 valence electrons. The summed E-state index contributed by atoms with van der Waals surface area (Å²) in [7, 11) is 0. The molecule has 1 heterocycles. The monoisotopic (exact) mass is 277 g/mol. The Bertz CT molecular complexity index is 246. The van der Waals surface area contributed by atoms with E-state index in [1.165, 1.54) is 0 Å². The van der Waals surface area contributed by atoms with Crippen LogP contribution in [0.15, 0.2) is 0 Å². The minimum absolute atomic E-state index is 0. The Morgan fingerprint density at radius 1 is 1.39 bits per heavy atom. The van der Waals surface area contributed by atoms with Crippen molar-refractivity contribution in [1.29, 1.82) is 0 Å². The molecule has 0 saturated carbocycles. The van der Waals surface area contributed by atoms with E-state index in [2.05, 4.69) is 43.2 Å². The topological polar surface area (TPSA) is 44.4 Å². The van der Waals surface area contributed by atoms with Crippen LogP contribution in [0.3, 0.4) is 0 Å². The molecule has 1 amide bonds. The van der Waals surface area contributed by atoms with Crippen LogP contribution in [-0.2, 0) is 4.79 Å². The Hall–Kier alpha value is -0.320. The molecule has 1 fully saturated rings. The fraction of sp³-hybridized carbons (Fsp3) is 0.923. The van der Waals surface area contributed by atoms with E-state index in [1.807, 2.05) is 0 Å². The second kappa shape index (κ2) is 8.73. The van der Waals surface area contributed by atoms with Gasteiger partial charge in [-0.15, -0.1) is 12.4 Å². The van der Waals surface area contributed by atoms with Crippen molar-refractivity contribution >= 4 is 18.3 Å². The van der Waals surface area contributed by atoms with E-state index in [0.29, 0.717) is 5.92 Å². The maximum absolute atomic E-state index is 12.1. The van der Waals surface area contributed by atoms with E-state index in [1.54, 1.807) is 0 Å². The molecule has 4 nitrogen and oxygen atoms in total. The van der Waals surface area contributed by atoms with Crippen LogP contribution in [0.2, 0.25) is 0 Å². The summed E-state index contributed by atoms with van der Waals surface area (Å²) in [6.07, 6.45) is 0. The molecule has 0 aliphatic carbocycles. The second-order valence-corrected chi connectivity index (χ2v) is 5.14. The standard InChI is InChI=1S/C13H27N3O.ClH/c1-5-16(6-2)9-11(4)15-13(17)12-8-14-7-10(12)3;/h10-12,14H,5-9H2,1-4H3,(H,15,17);1H/t10-,11?,12-;/m1./s1. The van der Waals surface area contributed by atoms with Crippen LogP contribution >= 0.6 is 12.4 Å². The number of rotatable bonds is 6. The highest BCUT2D eigenvalue weighted by atomic mass is 35.5. The minimum Gasteiger partial charge on any atom is -0.352 e. The van der Waals surface area contributed by atoms with Crippen LogP contribution < -0.4 is 10.6 Å².